The van der Waals surface area contributed by atoms with Gasteiger partial charge < -0.3 is 9.15 Å². The summed E-state index contributed by atoms with van der Waals surface area (Å²) in [6.07, 6.45) is 0.622. The highest BCUT2D eigenvalue weighted by Crippen LogP contribution is 2.30. The van der Waals surface area contributed by atoms with E-state index in [1.807, 2.05) is 49.4 Å². The van der Waals surface area contributed by atoms with Crippen molar-refractivity contribution in [3.63, 3.8) is 0 Å². The molecule has 0 unspecified atom stereocenters. The lowest BCUT2D eigenvalue weighted by Crippen LogP contribution is -2.07. The van der Waals surface area contributed by atoms with Gasteiger partial charge in [-0.25, -0.2) is 9.78 Å². The standard InChI is InChI=1S/C21H16ClN3O3/c1-2-19-24-25-20(28-19)12-27-21(26)15-11-18(14-8-3-5-9-16(14)22)23-17-10-6-4-7-13(15)17/h3-11H,2,12H2,1H3. The number of aromatic nitrogens is 3. The predicted molar refractivity (Wildman–Crippen MR) is 105 cm³/mol. The topological polar surface area (TPSA) is 78.1 Å². The molecule has 2 aromatic carbocycles. The predicted octanol–water partition coefficient (Wildman–Crippen LogP) is 4.86. The van der Waals surface area contributed by atoms with Gasteiger partial charge in [-0.1, -0.05) is 54.9 Å². The number of carbonyl (C=O) groups excluding carboxylic acids is 1. The number of nitrogens with zero attached hydrogens (tertiary/aromatic N) is 3. The van der Waals surface area contributed by atoms with Crippen molar-refractivity contribution in [3.8, 4) is 11.3 Å². The van der Waals surface area contributed by atoms with Gasteiger partial charge in [-0.2, -0.15) is 0 Å². The van der Waals surface area contributed by atoms with Crippen LogP contribution in [0.15, 0.2) is 59.0 Å². The molecule has 0 aliphatic heterocycles. The molecule has 0 aliphatic rings. The van der Waals surface area contributed by atoms with Crippen LogP contribution < -0.4 is 0 Å². The van der Waals surface area contributed by atoms with Crippen LogP contribution in [0.2, 0.25) is 5.02 Å². The zero-order chi connectivity index (χ0) is 19.5. The average molecular weight is 394 g/mol. The number of fused-ring (bicyclic) bond motifs is 1. The smallest absolute Gasteiger partial charge is 0.339 e. The summed E-state index contributed by atoms with van der Waals surface area (Å²) in [5.41, 5.74) is 2.42. The van der Waals surface area contributed by atoms with Crippen LogP contribution in [-0.4, -0.2) is 21.2 Å². The third-order valence-electron chi connectivity index (χ3n) is 4.22. The molecule has 0 saturated carbocycles. The Morgan fingerprint density at radius 1 is 1.07 bits per heavy atom. The van der Waals surface area contributed by atoms with E-state index < -0.39 is 5.97 Å². The summed E-state index contributed by atoms with van der Waals surface area (Å²) in [5.74, 6) is 0.263. The molecule has 0 saturated heterocycles. The normalized spacial score (nSPS) is 10.9. The Labute approximate surface area is 166 Å². The third kappa shape index (κ3) is 3.59. The Bertz CT molecular complexity index is 1160. The van der Waals surface area contributed by atoms with E-state index in [1.54, 1.807) is 12.1 Å². The zero-order valence-corrected chi connectivity index (χ0v) is 15.8. The first-order chi connectivity index (χ1) is 13.7. The molecule has 7 heteroatoms. The number of esters is 1. The van der Waals surface area contributed by atoms with Gasteiger partial charge in [0.05, 0.1) is 16.8 Å². The molecule has 0 fully saturated rings. The summed E-state index contributed by atoms with van der Waals surface area (Å²) in [4.78, 5) is 17.5. The zero-order valence-electron chi connectivity index (χ0n) is 15.1. The first-order valence-electron chi connectivity index (χ1n) is 8.78. The van der Waals surface area contributed by atoms with Crippen LogP contribution in [0.1, 0.15) is 29.1 Å². The number of para-hydroxylation sites is 1. The lowest BCUT2D eigenvalue weighted by molar-refractivity contribution is 0.0439. The molecule has 0 radical (unpaired) electrons. The molecule has 2 heterocycles. The highest BCUT2D eigenvalue weighted by Gasteiger charge is 2.17. The summed E-state index contributed by atoms with van der Waals surface area (Å²) in [5, 5.41) is 8.99. The van der Waals surface area contributed by atoms with E-state index >= 15 is 0 Å². The van der Waals surface area contributed by atoms with E-state index in [-0.39, 0.29) is 12.5 Å². The fourth-order valence-electron chi connectivity index (χ4n) is 2.85. The molecule has 0 amide bonds. The molecule has 6 nitrogen and oxygen atoms in total. The van der Waals surface area contributed by atoms with Crippen LogP contribution in [0.5, 0.6) is 0 Å². The van der Waals surface area contributed by atoms with Crippen molar-refractivity contribution >= 4 is 28.5 Å². The molecule has 0 bridgehead atoms. The van der Waals surface area contributed by atoms with Crippen molar-refractivity contribution in [2.45, 2.75) is 20.0 Å². The van der Waals surface area contributed by atoms with Gasteiger partial charge in [-0.15, -0.1) is 10.2 Å². The quantitative estimate of drug-likeness (QED) is 0.451. The number of carbonyl (C=O) groups is 1. The first-order valence-corrected chi connectivity index (χ1v) is 9.16. The Balaban J connectivity index is 1.70. The summed E-state index contributed by atoms with van der Waals surface area (Å²) >= 11 is 6.32. The number of pyridine rings is 1. The number of hydrogen-bond acceptors (Lipinski definition) is 6. The lowest BCUT2D eigenvalue weighted by Gasteiger charge is -2.10. The second-order valence-corrected chi connectivity index (χ2v) is 6.48. The van der Waals surface area contributed by atoms with Crippen molar-refractivity contribution in [3.05, 3.63) is 77.0 Å². The number of aryl methyl sites for hydroxylation is 1. The molecule has 0 aliphatic carbocycles. The summed E-state index contributed by atoms with van der Waals surface area (Å²) in [7, 11) is 0. The summed E-state index contributed by atoms with van der Waals surface area (Å²) in [6, 6.07) is 16.4. The van der Waals surface area contributed by atoms with Crippen LogP contribution in [0.4, 0.5) is 0 Å². The lowest BCUT2D eigenvalue weighted by atomic mass is 10.0. The molecule has 2 aromatic heterocycles. The van der Waals surface area contributed by atoms with E-state index in [1.165, 1.54) is 0 Å². The Morgan fingerprint density at radius 3 is 2.61 bits per heavy atom. The molecule has 4 rings (SSSR count). The van der Waals surface area contributed by atoms with Crippen LogP contribution >= 0.6 is 11.6 Å². The molecule has 28 heavy (non-hydrogen) atoms. The van der Waals surface area contributed by atoms with Crippen LogP contribution in [-0.2, 0) is 17.8 Å². The molecule has 0 spiro atoms. The number of benzene rings is 2. The highest BCUT2D eigenvalue weighted by atomic mass is 35.5. The summed E-state index contributed by atoms with van der Waals surface area (Å²) < 4.78 is 10.8. The monoisotopic (exact) mass is 393 g/mol. The van der Waals surface area contributed by atoms with Gasteiger partial charge >= 0.3 is 5.97 Å². The average Bonchev–Trinajstić information content (AvgIpc) is 3.19. The maximum absolute atomic E-state index is 12.8. The first kappa shape index (κ1) is 18.1. The maximum atomic E-state index is 12.8. The second kappa shape index (κ2) is 7.78. The van der Waals surface area contributed by atoms with E-state index in [4.69, 9.17) is 20.8 Å². The minimum Gasteiger partial charge on any atom is -0.452 e. The van der Waals surface area contributed by atoms with Crippen molar-refractivity contribution < 1.29 is 13.9 Å². The fourth-order valence-corrected chi connectivity index (χ4v) is 3.08. The number of ether oxygens (including phenoxy) is 1. The van der Waals surface area contributed by atoms with Crippen LogP contribution in [0, 0.1) is 0 Å². The molecule has 4 aromatic rings. The minimum atomic E-state index is -0.497. The number of hydrogen-bond donors (Lipinski definition) is 0. The number of halogens is 1. The molecule has 140 valence electrons. The fraction of sp³-hybridized carbons (Fsp3) is 0.143. The summed E-state index contributed by atoms with van der Waals surface area (Å²) in [6.45, 7) is 1.81. The highest BCUT2D eigenvalue weighted by molar-refractivity contribution is 6.33. The van der Waals surface area contributed by atoms with E-state index in [2.05, 4.69) is 15.2 Å². The Hall–Kier alpha value is -3.25. The van der Waals surface area contributed by atoms with E-state index in [9.17, 15) is 4.79 Å². The second-order valence-electron chi connectivity index (χ2n) is 6.07. The number of rotatable bonds is 5. The van der Waals surface area contributed by atoms with Gasteiger partial charge in [0, 0.05) is 22.4 Å². The van der Waals surface area contributed by atoms with Crippen molar-refractivity contribution in [1.82, 2.24) is 15.2 Å². The van der Waals surface area contributed by atoms with Gasteiger partial charge in [0.25, 0.3) is 5.89 Å². The van der Waals surface area contributed by atoms with Gasteiger partial charge in [0.2, 0.25) is 5.89 Å². The van der Waals surface area contributed by atoms with E-state index in [0.717, 1.165) is 5.56 Å². The van der Waals surface area contributed by atoms with Gasteiger partial charge in [-0.3, -0.25) is 0 Å². The molecule has 0 atom stereocenters. The largest absolute Gasteiger partial charge is 0.452 e. The third-order valence-corrected chi connectivity index (χ3v) is 4.55. The van der Waals surface area contributed by atoms with Crippen molar-refractivity contribution in [2.24, 2.45) is 0 Å². The Kier molecular flexibility index (Phi) is 5.04. The minimum absolute atomic E-state index is 0.0933. The van der Waals surface area contributed by atoms with Crippen molar-refractivity contribution in [1.29, 1.82) is 0 Å². The van der Waals surface area contributed by atoms with Gasteiger partial charge in [-0.05, 0) is 18.2 Å². The SMILES string of the molecule is CCc1nnc(COC(=O)c2cc(-c3ccccc3Cl)nc3ccccc23)o1. The van der Waals surface area contributed by atoms with Crippen LogP contribution in [0.25, 0.3) is 22.2 Å². The van der Waals surface area contributed by atoms with Gasteiger partial charge in [0.1, 0.15) is 0 Å². The van der Waals surface area contributed by atoms with E-state index in [0.29, 0.717) is 39.5 Å². The van der Waals surface area contributed by atoms with Gasteiger partial charge in [0.15, 0.2) is 6.61 Å². The molecular weight excluding hydrogens is 378 g/mol. The molecule has 0 N–H and O–H groups in total. The maximum Gasteiger partial charge on any atom is 0.339 e. The Morgan fingerprint density at radius 2 is 1.82 bits per heavy atom. The molecular formula is C21H16ClN3O3. The van der Waals surface area contributed by atoms with Crippen LogP contribution in [0.3, 0.4) is 0 Å². The van der Waals surface area contributed by atoms with Crippen molar-refractivity contribution in [2.75, 3.05) is 0 Å².